The lowest BCUT2D eigenvalue weighted by atomic mass is 10.2. The van der Waals surface area contributed by atoms with E-state index >= 15 is 0 Å². The van der Waals surface area contributed by atoms with Gasteiger partial charge in [0.15, 0.2) is 0 Å². The van der Waals surface area contributed by atoms with Gasteiger partial charge in [0, 0.05) is 18.2 Å². The second-order valence-corrected chi connectivity index (χ2v) is 6.31. The summed E-state index contributed by atoms with van der Waals surface area (Å²) in [5.74, 6) is 5.27. The standard InChI is InChI=1S/C14H17NO3S/c1-2-15(13-7-8-13)19(17,18)14-9-5-12(6-10-14)4-3-11-16/h5-6,9-10,13,16H,2,7-8,11H2,1H3. The number of benzene rings is 1. The predicted molar refractivity (Wildman–Crippen MR) is 73.0 cm³/mol. The van der Waals surface area contributed by atoms with Gasteiger partial charge in [-0.2, -0.15) is 4.31 Å². The number of hydrogen-bond donors (Lipinski definition) is 1. The van der Waals surface area contributed by atoms with E-state index in [9.17, 15) is 8.42 Å². The van der Waals surface area contributed by atoms with E-state index in [4.69, 9.17) is 5.11 Å². The highest BCUT2D eigenvalue weighted by atomic mass is 32.2. The lowest BCUT2D eigenvalue weighted by Crippen LogP contribution is -2.32. The van der Waals surface area contributed by atoms with Crippen LogP contribution in [0.2, 0.25) is 0 Å². The van der Waals surface area contributed by atoms with E-state index < -0.39 is 10.0 Å². The largest absolute Gasteiger partial charge is 0.384 e. The second kappa shape index (κ2) is 5.74. The Morgan fingerprint density at radius 3 is 2.42 bits per heavy atom. The van der Waals surface area contributed by atoms with Crippen LogP contribution in [0.5, 0.6) is 0 Å². The van der Waals surface area contributed by atoms with Crippen LogP contribution in [0.25, 0.3) is 0 Å². The average molecular weight is 279 g/mol. The minimum absolute atomic E-state index is 0.170. The normalized spacial score (nSPS) is 15.1. The first-order chi connectivity index (χ1) is 9.09. The van der Waals surface area contributed by atoms with Gasteiger partial charge in [-0.1, -0.05) is 18.8 Å². The number of aliphatic hydroxyl groups excluding tert-OH is 1. The Hall–Kier alpha value is -1.35. The Labute approximate surface area is 114 Å². The van der Waals surface area contributed by atoms with Crippen LogP contribution >= 0.6 is 0 Å². The Bertz CT molecular complexity index is 592. The van der Waals surface area contributed by atoms with Crippen LogP contribution in [-0.4, -0.2) is 37.0 Å². The van der Waals surface area contributed by atoms with Gasteiger partial charge < -0.3 is 5.11 Å². The lowest BCUT2D eigenvalue weighted by molar-refractivity contribution is 0.350. The van der Waals surface area contributed by atoms with Crippen LogP contribution in [0.4, 0.5) is 0 Å². The van der Waals surface area contributed by atoms with Crippen molar-refractivity contribution in [1.29, 1.82) is 0 Å². The number of hydrogen-bond acceptors (Lipinski definition) is 3. The van der Waals surface area contributed by atoms with Crippen LogP contribution in [0.1, 0.15) is 25.3 Å². The highest BCUT2D eigenvalue weighted by Gasteiger charge is 2.36. The third-order valence-electron chi connectivity index (χ3n) is 3.04. The fourth-order valence-corrected chi connectivity index (χ4v) is 3.67. The molecule has 1 aliphatic rings. The van der Waals surface area contributed by atoms with Crippen molar-refractivity contribution >= 4 is 10.0 Å². The van der Waals surface area contributed by atoms with Gasteiger partial charge in [0.05, 0.1) is 4.90 Å². The molecular weight excluding hydrogens is 262 g/mol. The molecule has 1 aromatic rings. The summed E-state index contributed by atoms with van der Waals surface area (Å²) in [6, 6.07) is 6.64. The van der Waals surface area contributed by atoms with Gasteiger partial charge in [-0.15, -0.1) is 0 Å². The topological polar surface area (TPSA) is 57.6 Å². The number of sulfonamides is 1. The van der Waals surface area contributed by atoms with E-state index in [1.807, 2.05) is 6.92 Å². The third kappa shape index (κ3) is 3.16. The summed E-state index contributed by atoms with van der Waals surface area (Å²) in [5.41, 5.74) is 0.697. The van der Waals surface area contributed by atoms with E-state index in [1.165, 1.54) is 0 Å². The molecule has 0 aromatic heterocycles. The molecule has 0 saturated heterocycles. The fourth-order valence-electron chi connectivity index (χ4n) is 1.97. The molecule has 1 aromatic carbocycles. The highest BCUT2D eigenvalue weighted by molar-refractivity contribution is 7.89. The molecule has 1 saturated carbocycles. The van der Waals surface area contributed by atoms with Gasteiger partial charge in [-0.3, -0.25) is 0 Å². The maximum Gasteiger partial charge on any atom is 0.243 e. The molecule has 0 aliphatic heterocycles. The summed E-state index contributed by atoms with van der Waals surface area (Å²) in [6.07, 6.45) is 1.90. The number of rotatable bonds is 4. The van der Waals surface area contributed by atoms with Gasteiger partial charge >= 0.3 is 0 Å². The van der Waals surface area contributed by atoms with E-state index in [0.29, 0.717) is 17.0 Å². The second-order valence-electron chi connectivity index (χ2n) is 4.42. The van der Waals surface area contributed by atoms with Crippen LogP contribution in [-0.2, 0) is 10.0 Å². The van der Waals surface area contributed by atoms with Crippen LogP contribution in [0.15, 0.2) is 29.2 Å². The van der Waals surface area contributed by atoms with Crippen molar-refractivity contribution in [2.75, 3.05) is 13.2 Å². The summed E-state index contributed by atoms with van der Waals surface area (Å²) in [6.45, 7) is 2.15. The minimum Gasteiger partial charge on any atom is -0.384 e. The zero-order chi connectivity index (χ0) is 13.9. The van der Waals surface area contributed by atoms with Crippen LogP contribution < -0.4 is 0 Å². The zero-order valence-corrected chi connectivity index (χ0v) is 11.7. The first-order valence-corrected chi connectivity index (χ1v) is 7.75. The predicted octanol–water partition coefficient (Wildman–Crippen LogP) is 1.20. The van der Waals surface area contributed by atoms with Crippen LogP contribution in [0, 0.1) is 11.8 Å². The quantitative estimate of drug-likeness (QED) is 0.843. The Kier molecular flexibility index (Phi) is 4.25. The SMILES string of the molecule is CCN(C1CC1)S(=O)(=O)c1ccc(C#CCO)cc1. The molecule has 0 unspecified atom stereocenters. The monoisotopic (exact) mass is 279 g/mol. The molecular formula is C14H17NO3S. The van der Waals surface area contributed by atoms with Crippen molar-refractivity contribution in [2.24, 2.45) is 0 Å². The average Bonchev–Trinajstić information content (AvgIpc) is 3.22. The third-order valence-corrected chi connectivity index (χ3v) is 5.08. The molecule has 19 heavy (non-hydrogen) atoms. The molecule has 0 spiro atoms. The van der Waals surface area contributed by atoms with Gasteiger partial charge in [0.1, 0.15) is 6.61 Å². The van der Waals surface area contributed by atoms with E-state index in [1.54, 1.807) is 28.6 Å². The summed E-state index contributed by atoms with van der Waals surface area (Å²) < 4.78 is 26.4. The smallest absolute Gasteiger partial charge is 0.243 e. The number of aliphatic hydroxyl groups is 1. The van der Waals surface area contributed by atoms with Crippen molar-refractivity contribution in [3.8, 4) is 11.8 Å². The molecule has 4 nitrogen and oxygen atoms in total. The van der Waals surface area contributed by atoms with Gasteiger partial charge in [-0.25, -0.2) is 8.42 Å². The molecule has 1 N–H and O–H groups in total. The Morgan fingerprint density at radius 2 is 1.95 bits per heavy atom. The van der Waals surface area contributed by atoms with E-state index in [-0.39, 0.29) is 12.6 Å². The molecule has 0 amide bonds. The molecule has 1 aliphatic carbocycles. The minimum atomic E-state index is -3.39. The van der Waals surface area contributed by atoms with Gasteiger partial charge in [0.25, 0.3) is 0 Å². The van der Waals surface area contributed by atoms with E-state index in [2.05, 4.69) is 11.8 Å². The van der Waals surface area contributed by atoms with Crippen molar-refractivity contribution in [1.82, 2.24) is 4.31 Å². The molecule has 0 radical (unpaired) electrons. The van der Waals surface area contributed by atoms with Gasteiger partial charge in [0.2, 0.25) is 10.0 Å². The highest BCUT2D eigenvalue weighted by Crippen LogP contribution is 2.31. The summed E-state index contributed by atoms with van der Waals surface area (Å²) >= 11 is 0. The Balaban J connectivity index is 2.25. The molecule has 102 valence electrons. The summed E-state index contributed by atoms with van der Waals surface area (Å²) in [7, 11) is -3.39. The number of nitrogens with zero attached hydrogens (tertiary/aromatic N) is 1. The molecule has 1 fully saturated rings. The summed E-state index contributed by atoms with van der Waals surface area (Å²) in [5, 5.41) is 8.61. The van der Waals surface area contributed by atoms with E-state index in [0.717, 1.165) is 12.8 Å². The summed E-state index contributed by atoms with van der Waals surface area (Å²) in [4.78, 5) is 0.302. The van der Waals surface area contributed by atoms with Crippen LogP contribution in [0.3, 0.4) is 0 Å². The first kappa shape index (κ1) is 14.1. The van der Waals surface area contributed by atoms with Crippen molar-refractivity contribution in [2.45, 2.75) is 30.7 Å². The fraction of sp³-hybridized carbons (Fsp3) is 0.429. The molecule has 0 heterocycles. The Morgan fingerprint density at radius 1 is 1.32 bits per heavy atom. The van der Waals surface area contributed by atoms with Gasteiger partial charge in [-0.05, 0) is 37.1 Å². The maximum atomic E-state index is 12.4. The maximum absolute atomic E-state index is 12.4. The zero-order valence-electron chi connectivity index (χ0n) is 10.8. The molecule has 2 rings (SSSR count). The van der Waals surface area contributed by atoms with Crippen molar-refractivity contribution < 1.29 is 13.5 Å². The van der Waals surface area contributed by atoms with Crippen molar-refractivity contribution in [3.05, 3.63) is 29.8 Å². The molecule has 5 heteroatoms. The molecule has 0 bridgehead atoms. The van der Waals surface area contributed by atoms with Crippen molar-refractivity contribution in [3.63, 3.8) is 0 Å². The lowest BCUT2D eigenvalue weighted by Gasteiger charge is -2.19. The molecule has 0 atom stereocenters. The first-order valence-electron chi connectivity index (χ1n) is 6.31.